The summed E-state index contributed by atoms with van der Waals surface area (Å²) in [7, 11) is 0. The first-order chi connectivity index (χ1) is 3.77. The van der Waals surface area contributed by atoms with E-state index in [1.54, 1.807) is 6.92 Å². The van der Waals surface area contributed by atoms with Crippen molar-refractivity contribution in [2.45, 2.75) is 19.4 Å². The zero-order chi connectivity index (χ0) is 6.41. The van der Waals surface area contributed by atoms with Crippen molar-refractivity contribution in [1.82, 2.24) is 0 Å². The molecule has 0 fully saturated rings. The summed E-state index contributed by atoms with van der Waals surface area (Å²) in [5.41, 5.74) is 0. The molecule has 0 aromatic heterocycles. The molecule has 0 spiro atoms. The fraction of sp³-hybridized carbons (Fsp3) is 0.667. The highest BCUT2D eigenvalue weighted by Crippen LogP contribution is 1.88. The third kappa shape index (κ3) is 5.50. The smallest absolute Gasteiger partial charge is 0.0897 e. The van der Waals surface area contributed by atoms with E-state index >= 15 is 0 Å². The molecule has 0 aliphatic rings. The third-order valence-electron chi connectivity index (χ3n) is 0.771. The molecule has 8 heavy (non-hydrogen) atoms. The van der Waals surface area contributed by atoms with E-state index in [0.717, 1.165) is 0 Å². The standard InChI is InChI=1S/C6H12O2/c1-3-8-5-4-6(2)7/h3,6-7H,1,4-5H2,2H3. The second-order valence-corrected chi connectivity index (χ2v) is 1.68. The number of aliphatic hydroxyl groups is 1. The molecule has 1 N–H and O–H groups in total. The van der Waals surface area contributed by atoms with Crippen molar-refractivity contribution in [2.24, 2.45) is 0 Å². The largest absolute Gasteiger partial charge is 0.502 e. The highest BCUT2D eigenvalue weighted by molar-refractivity contribution is 4.51. The van der Waals surface area contributed by atoms with Gasteiger partial charge in [0.2, 0.25) is 0 Å². The van der Waals surface area contributed by atoms with Crippen LogP contribution in [-0.2, 0) is 4.74 Å². The van der Waals surface area contributed by atoms with Crippen LogP contribution in [0, 0.1) is 0 Å². The fourth-order valence-electron chi connectivity index (χ4n) is 0.322. The van der Waals surface area contributed by atoms with Crippen molar-refractivity contribution >= 4 is 0 Å². The molecule has 0 rings (SSSR count). The maximum absolute atomic E-state index is 8.66. The summed E-state index contributed by atoms with van der Waals surface area (Å²) in [5.74, 6) is 0. The minimum atomic E-state index is -0.269. The van der Waals surface area contributed by atoms with Crippen LogP contribution in [0.3, 0.4) is 0 Å². The Hall–Kier alpha value is -0.500. The lowest BCUT2D eigenvalue weighted by atomic mass is 10.3. The van der Waals surface area contributed by atoms with Gasteiger partial charge in [0.1, 0.15) is 0 Å². The second-order valence-electron chi connectivity index (χ2n) is 1.68. The predicted octanol–water partition coefficient (Wildman–Crippen LogP) is 0.917. The van der Waals surface area contributed by atoms with Gasteiger partial charge in [0, 0.05) is 6.42 Å². The zero-order valence-corrected chi connectivity index (χ0v) is 5.13. The molecule has 2 nitrogen and oxygen atoms in total. The monoisotopic (exact) mass is 116 g/mol. The average molecular weight is 116 g/mol. The molecule has 0 heterocycles. The summed E-state index contributed by atoms with van der Waals surface area (Å²) in [6, 6.07) is 0. The van der Waals surface area contributed by atoms with Gasteiger partial charge in [-0.1, -0.05) is 6.58 Å². The summed E-state index contributed by atoms with van der Waals surface area (Å²) < 4.78 is 4.75. The molecular weight excluding hydrogens is 104 g/mol. The third-order valence-corrected chi connectivity index (χ3v) is 0.771. The predicted molar refractivity (Wildman–Crippen MR) is 32.4 cm³/mol. The molecule has 0 radical (unpaired) electrons. The molecule has 0 amide bonds. The Balaban J connectivity index is 2.81. The van der Waals surface area contributed by atoms with Crippen molar-refractivity contribution in [3.05, 3.63) is 12.8 Å². The first-order valence-electron chi connectivity index (χ1n) is 2.68. The van der Waals surface area contributed by atoms with E-state index < -0.39 is 0 Å². The van der Waals surface area contributed by atoms with Crippen LogP contribution < -0.4 is 0 Å². The number of hydrogen-bond acceptors (Lipinski definition) is 2. The van der Waals surface area contributed by atoms with Gasteiger partial charge < -0.3 is 9.84 Å². The van der Waals surface area contributed by atoms with Crippen LogP contribution in [0.1, 0.15) is 13.3 Å². The SMILES string of the molecule is C=COCCC(C)O. The lowest BCUT2D eigenvalue weighted by Crippen LogP contribution is -2.02. The minimum absolute atomic E-state index is 0.269. The lowest BCUT2D eigenvalue weighted by Gasteiger charge is -2.01. The van der Waals surface area contributed by atoms with Crippen molar-refractivity contribution in [1.29, 1.82) is 0 Å². The first kappa shape index (κ1) is 7.50. The molecular formula is C6H12O2. The van der Waals surface area contributed by atoms with Gasteiger partial charge in [0.15, 0.2) is 0 Å². The van der Waals surface area contributed by atoms with Gasteiger partial charge in [0.25, 0.3) is 0 Å². The fourth-order valence-corrected chi connectivity index (χ4v) is 0.322. The highest BCUT2D eigenvalue weighted by atomic mass is 16.5. The first-order valence-corrected chi connectivity index (χ1v) is 2.68. The number of rotatable bonds is 4. The van der Waals surface area contributed by atoms with Crippen LogP contribution in [0.4, 0.5) is 0 Å². The molecule has 2 heteroatoms. The second kappa shape index (κ2) is 4.65. The van der Waals surface area contributed by atoms with Crippen molar-refractivity contribution in [3.63, 3.8) is 0 Å². The molecule has 0 saturated carbocycles. The van der Waals surface area contributed by atoms with Crippen molar-refractivity contribution in [3.8, 4) is 0 Å². The maximum Gasteiger partial charge on any atom is 0.0897 e. The van der Waals surface area contributed by atoms with Crippen LogP contribution in [0.15, 0.2) is 12.8 Å². The molecule has 0 aliphatic heterocycles. The van der Waals surface area contributed by atoms with E-state index in [1.807, 2.05) is 0 Å². The topological polar surface area (TPSA) is 29.5 Å². The summed E-state index contributed by atoms with van der Waals surface area (Å²) in [6.45, 7) is 5.64. The Labute approximate surface area is 49.8 Å². The highest BCUT2D eigenvalue weighted by Gasteiger charge is 1.91. The van der Waals surface area contributed by atoms with E-state index in [0.29, 0.717) is 13.0 Å². The van der Waals surface area contributed by atoms with Crippen LogP contribution in [0.5, 0.6) is 0 Å². The molecule has 0 saturated heterocycles. The molecule has 0 aromatic rings. The van der Waals surface area contributed by atoms with Crippen molar-refractivity contribution < 1.29 is 9.84 Å². The van der Waals surface area contributed by atoms with E-state index in [-0.39, 0.29) is 6.10 Å². The van der Waals surface area contributed by atoms with Gasteiger partial charge in [-0.2, -0.15) is 0 Å². The molecule has 1 atom stereocenters. The summed E-state index contributed by atoms with van der Waals surface area (Å²) in [4.78, 5) is 0. The van der Waals surface area contributed by atoms with Gasteiger partial charge >= 0.3 is 0 Å². The minimum Gasteiger partial charge on any atom is -0.502 e. The zero-order valence-electron chi connectivity index (χ0n) is 5.13. The quantitative estimate of drug-likeness (QED) is 0.437. The molecule has 1 unspecified atom stereocenters. The molecule has 0 aromatic carbocycles. The van der Waals surface area contributed by atoms with Gasteiger partial charge in [-0.15, -0.1) is 0 Å². The normalized spacial score (nSPS) is 12.8. The Kier molecular flexibility index (Phi) is 4.36. The van der Waals surface area contributed by atoms with Crippen LogP contribution in [-0.4, -0.2) is 17.8 Å². The summed E-state index contributed by atoms with van der Waals surface area (Å²) in [6.07, 6.45) is 1.78. The Morgan fingerprint density at radius 2 is 2.50 bits per heavy atom. The molecule has 0 aliphatic carbocycles. The maximum atomic E-state index is 8.66. The van der Waals surface area contributed by atoms with E-state index in [9.17, 15) is 0 Å². The van der Waals surface area contributed by atoms with Gasteiger partial charge in [-0.25, -0.2) is 0 Å². The van der Waals surface area contributed by atoms with Crippen LogP contribution in [0.2, 0.25) is 0 Å². The van der Waals surface area contributed by atoms with Crippen LogP contribution >= 0.6 is 0 Å². The number of ether oxygens (including phenoxy) is 1. The number of aliphatic hydroxyl groups excluding tert-OH is 1. The van der Waals surface area contributed by atoms with Gasteiger partial charge in [-0.05, 0) is 6.92 Å². The van der Waals surface area contributed by atoms with E-state index in [1.165, 1.54) is 6.26 Å². The Morgan fingerprint density at radius 1 is 1.88 bits per heavy atom. The Bertz CT molecular complexity index is 59.5. The molecule has 0 bridgehead atoms. The van der Waals surface area contributed by atoms with Gasteiger partial charge in [0.05, 0.1) is 19.0 Å². The van der Waals surface area contributed by atoms with E-state index in [4.69, 9.17) is 9.84 Å². The number of hydrogen-bond donors (Lipinski definition) is 1. The van der Waals surface area contributed by atoms with Gasteiger partial charge in [-0.3, -0.25) is 0 Å². The van der Waals surface area contributed by atoms with Crippen molar-refractivity contribution in [2.75, 3.05) is 6.61 Å². The summed E-state index contributed by atoms with van der Waals surface area (Å²) in [5, 5.41) is 8.66. The lowest BCUT2D eigenvalue weighted by molar-refractivity contribution is 0.139. The average Bonchev–Trinajstić information content (AvgIpc) is 1.66. The van der Waals surface area contributed by atoms with E-state index in [2.05, 4.69) is 6.58 Å². The Morgan fingerprint density at radius 3 is 2.88 bits per heavy atom. The van der Waals surface area contributed by atoms with Crippen LogP contribution in [0.25, 0.3) is 0 Å². The molecule has 48 valence electrons. The summed E-state index contributed by atoms with van der Waals surface area (Å²) >= 11 is 0.